The zero-order chi connectivity index (χ0) is 14.0. The lowest BCUT2D eigenvalue weighted by atomic mass is 9.81. The molecule has 0 fully saturated rings. The maximum absolute atomic E-state index is 9.15. The van der Waals surface area contributed by atoms with E-state index in [9.17, 15) is 0 Å². The number of para-hydroxylation sites is 1. The van der Waals surface area contributed by atoms with Crippen LogP contribution in [0.3, 0.4) is 0 Å². The molecule has 96 valence electrons. The molecule has 1 aliphatic rings. The molecule has 19 heavy (non-hydrogen) atoms. The lowest BCUT2D eigenvalue weighted by Gasteiger charge is -2.31. The molecule has 2 rings (SSSR count). The second-order valence-corrected chi connectivity index (χ2v) is 5.68. The van der Waals surface area contributed by atoms with Crippen LogP contribution in [-0.2, 0) is 0 Å². The summed E-state index contributed by atoms with van der Waals surface area (Å²) in [7, 11) is 0. The van der Waals surface area contributed by atoms with Gasteiger partial charge in [0.15, 0.2) is 0 Å². The Hall–Kier alpha value is -2.26. The van der Waals surface area contributed by atoms with E-state index in [0.717, 1.165) is 17.1 Å². The molecule has 0 aliphatic carbocycles. The minimum Gasteiger partial charge on any atom is -0.461 e. The van der Waals surface area contributed by atoms with Crippen LogP contribution < -0.4 is 4.74 Å². The van der Waals surface area contributed by atoms with Crippen LogP contribution in [0.5, 0.6) is 5.75 Å². The van der Waals surface area contributed by atoms with E-state index in [1.54, 1.807) is 0 Å². The highest BCUT2D eigenvalue weighted by atomic mass is 16.5. The van der Waals surface area contributed by atoms with Gasteiger partial charge in [0.05, 0.1) is 12.1 Å². The van der Waals surface area contributed by atoms with Crippen molar-refractivity contribution in [1.29, 1.82) is 10.5 Å². The summed E-state index contributed by atoms with van der Waals surface area (Å²) in [6, 6.07) is 11.7. The van der Waals surface area contributed by atoms with Crippen molar-refractivity contribution in [2.24, 2.45) is 11.3 Å². The molecule has 1 unspecified atom stereocenters. The molecule has 1 aliphatic heterocycles. The van der Waals surface area contributed by atoms with Crippen molar-refractivity contribution >= 4 is 0 Å². The molecule has 0 saturated carbocycles. The normalized spacial score (nSPS) is 17.8. The summed E-state index contributed by atoms with van der Waals surface area (Å²) in [6.45, 7) is 6.16. The highest BCUT2D eigenvalue weighted by molar-refractivity contribution is 5.45. The minimum absolute atomic E-state index is 0.152. The molecule has 1 aromatic carbocycles. The summed E-state index contributed by atoms with van der Waals surface area (Å²) in [5, 5.41) is 18.3. The van der Waals surface area contributed by atoms with Gasteiger partial charge in [0, 0.05) is 16.9 Å². The average Bonchev–Trinajstić information content (AvgIpc) is 2.38. The number of ether oxygens (including phenoxy) is 1. The number of rotatable bonds is 1. The van der Waals surface area contributed by atoms with Crippen molar-refractivity contribution < 1.29 is 4.74 Å². The smallest absolute Gasteiger partial charge is 0.143 e. The van der Waals surface area contributed by atoms with Gasteiger partial charge in [-0.05, 0) is 12.1 Å². The van der Waals surface area contributed by atoms with Crippen molar-refractivity contribution in [2.75, 3.05) is 0 Å². The van der Waals surface area contributed by atoms with Gasteiger partial charge in [-0.2, -0.15) is 10.5 Å². The molecule has 3 heteroatoms. The number of hydrogen-bond donors (Lipinski definition) is 0. The Morgan fingerprint density at radius 3 is 2.37 bits per heavy atom. The minimum atomic E-state index is -0.692. The molecule has 1 heterocycles. The Morgan fingerprint density at radius 2 is 1.79 bits per heavy atom. The number of hydrogen-bond acceptors (Lipinski definition) is 3. The van der Waals surface area contributed by atoms with Gasteiger partial charge in [0.1, 0.15) is 17.4 Å². The van der Waals surface area contributed by atoms with E-state index in [-0.39, 0.29) is 11.3 Å². The largest absolute Gasteiger partial charge is 0.461 e. The maximum atomic E-state index is 9.15. The molecule has 0 saturated heterocycles. The first kappa shape index (κ1) is 13.2. The molecule has 0 aromatic heterocycles. The van der Waals surface area contributed by atoms with Crippen LogP contribution in [0.4, 0.5) is 0 Å². The summed E-state index contributed by atoms with van der Waals surface area (Å²) in [5.41, 5.74) is 0.755. The van der Waals surface area contributed by atoms with Crippen LogP contribution in [0, 0.1) is 34.0 Å². The van der Waals surface area contributed by atoms with Crippen LogP contribution in [0.1, 0.15) is 32.3 Å². The van der Waals surface area contributed by atoms with Gasteiger partial charge in [-0.1, -0.05) is 39.0 Å². The summed E-state index contributed by atoms with van der Waals surface area (Å²) < 4.78 is 5.91. The zero-order valence-corrected chi connectivity index (χ0v) is 11.3. The van der Waals surface area contributed by atoms with Gasteiger partial charge in [-0.25, -0.2) is 0 Å². The fraction of sp³-hybridized carbons (Fsp3) is 0.375. The molecule has 0 amide bonds. The first-order chi connectivity index (χ1) is 8.97. The lowest BCUT2D eigenvalue weighted by Crippen LogP contribution is -2.22. The van der Waals surface area contributed by atoms with Crippen LogP contribution in [0.2, 0.25) is 0 Å². The predicted molar refractivity (Wildman–Crippen MR) is 72.1 cm³/mol. The number of benzene rings is 1. The molecule has 0 spiro atoms. The van der Waals surface area contributed by atoms with Crippen molar-refractivity contribution in [3.63, 3.8) is 0 Å². The Balaban J connectivity index is 2.54. The summed E-state index contributed by atoms with van der Waals surface area (Å²) in [4.78, 5) is 0. The summed E-state index contributed by atoms with van der Waals surface area (Å²) in [6.07, 6.45) is 1.92. The van der Waals surface area contributed by atoms with Crippen molar-refractivity contribution in [2.45, 2.75) is 26.7 Å². The van der Waals surface area contributed by atoms with E-state index >= 15 is 0 Å². The molecule has 1 aromatic rings. The van der Waals surface area contributed by atoms with E-state index in [0.29, 0.717) is 0 Å². The fourth-order valence-corrected chi connectivity index (χ4v) is 2.12. The quantitative estimate of drug-likeness (QED) is 0.764. The van der Waals surface area contributed by atoms with E-state index in [2.05, 4.69) is 32.9 Å². The molecular formula is C16H16N2O. The number of fused-ring (bicyclic) bond motifs is 1. The van der Waals surface area contributed by atoms with Crippen molar-refractivity contribution in [3.8, 4) is 17.9 Å². The van der Waals surface area contributed by atoms with Crippen LogP contribution in [0.25, 0.3) is 0 Å². The van der Waals surface area contributed by atoms with Gasteiger partial charge >= 0.3 is 0 Å². The lowest BCUT2D eigenvalue weighted by molar-refractivity contribution is 0.277. The zero-order valence-electron chi connectivity index (χ0n) is 11.3. The fourth-order valence-electron chi connectivity index (χ4n) is 2.12. The number of nitrogens with zero attached hydrogens (tertiary/aromatic N) is 2. The van der Waals surface area contributed by atoms with E-state index in [1.807, 2.05) is 30.3 Å². The van der Waals surface area contributed by atoms with E-state index < -0.39 is 5.92 Å². The van der Waals surface area contributed by atoms with Crippen LogP contribution in [0.15, 0.2) is 36.1 Å². The number of allylic oxidation sites excluding steroid dienone is 2. The van der Waals surface area contributed by atoms with Gasteiger partial charge in [0.2, 0.25) is 0 Å². The third kappa shape index (κ3) is 2.46. The Kier molecular flexibility index (Phi) is 3.32. The van der Waals surface area contributed by atoms with Crippen LogP contribution >= 0.6 is 0 Å². The molecule has 0 N–H and O–H groups in total. The SMILES string of the molecule is CC(C)(C)C1=CC(C(C#N)C#N)c2ccccc2O1. The highest BCUT2D eigenvalue weighted by Crippen LogP contribution is 2.42. The average molecular weight is 252 g/mol. The number of nitriles is 2. The Labute approximate surface area is 113 Å². The monoisotopic (exact) mass is 252 g/mol. The van der Waals surface area contributed by atoms with Crippen molar-refractivity contribution in [3.05, 3.63) is 41.7 Å². The van der Waals surface area contributed by atoms with Crippen molar-refractivity contribution in [1.82, 2.24) is 0 Å². The Bertz CT molecular complexity index is 582. The first-order valence-electron chi connectivity index (χ1n) is 6.25. The second-order valence-electron chi connectivity index (χ2n) is 5.68. The molecule has 0 bridgehead atoms. The molecule has 1 atom stereocenters. The van der Waals surface area contributed by atoms with Gasteiger partial charge in [-0.3, -0.25) is 0 Å². The van der Waals surface area contributed by atoms with Crippen LogP contribution in [-0.4, -0.2) is 0 Å². The Morgan fingerprint density at radius 1 is 1.16 bits per heavy atom. The molecule has 0 radical (unpaired) electrons. The third-order valence-electron chi connectivity index (χ3n) is 3.21. The van der Waals surface area contributed by atoms with E-state index in [1.165, 1.54) is 0 Å². The molecule has 3 nitrogen and oxygen atoms in total. The van der Waals surface area contributed by atoms with Gasteiger partial charge in [0.25, 0.3) is 0 Å². The summed E-state index contributed by atoms with van der Waals surface area (Å²) in [5.74, 6) is 0.638. The van der Waals surface area contributed by atoms with Gasteiger partial charge < -0.3 is 4.74 Å². The standard InChI is InChI=1S/C16H16N2O/c1-16(2,3)15-8-13(11(9-17)10-18)12-6-4-5-7-14(12)19-15/h4-8,11,13H,1-3H3. The second kappa shape index (κ2) is 4.78. The highest BCUT2D eigenvalue weighted by Gasteiger charge is 2.32. The third-order valence-corrected chi connectivity index (χ3v) is 3.21. The summed E-state index contributed by atoms with van der Waals surface area (Å²) >= 11 is 0. The molecular weight excluding hydrogens is 236 g/mol. The topological polar surface area (TPSA) is 56.8 Å². The van der Waals surface area contributed by atoms with Gasteiger partial charge in [-0.15, -0.1) is 0 Å². The van der Waals surface area contributed by atoms with E-state index in [4.69, 9.17) is 15.3 Å². The maximum Gasteiger partial charge on any atom is 0.143 e. The first-order valence-corrected chi connectivity index (χ1v) is 6.25. The predicted octanol–water partition coefficient (Wildman–Crippen LogP) is 3.76.